The molecular formula is C17H19ClN2O2S. The summed E-state index contributed by atoms with van der Waals surface area (Å²) >= 11 is 7.67. The summed E-state index contributed by atoms with van der Waals surface area (Å²) in [5.74, 6) is -0.358. The van der Waals surface area contributed by atoms with Crippen molar-refractivity contribution < 1.29 is 9.90 Å². The van der Waals surface area contributed by atoms with Crippen molar-refractivity contribution in [1.82, 2.24) is 10.3 Å². The van der Waals surface area contributed by atoms with Gasteiger partial charge in [-0.3, -0.25) is 4.79 Å². The average Bonchev–Trinajstić information content (AvgIpc) is 2.96. The van der Waals surface area contributed by atoms with Crippen molar-refractivity contribution >= 4 is 28.8 Å². The maximum atomic E-state index is 12.0. The molecule has 1 aliphatic rings. The Balaban J connectivity index is 1.48. The predicted molar refractivity (Wildman–Crippen MR) is 92.5 cm³/mol. The zero-order valence-electron chi connectivity index (χ0n) is 12.8. The summed E-state index contributed by atoms with van der Waals surface area (Å²) in [5, 5.41) is 14.1. The molecule has 1 aromatic carbocycles. The van der Waals surface area contributed by atoms with E-state index in [1.165, 1.54) is 35.5 Å². The van der Waals surface area contributed by atoms with E-state index >= 15 is 0 Å². The standard InChI is InChI=1S/C17H19ClN2O2S/c18-11-7-8-14(21)12(10-11)17(22)19-9-3-6-16-20-13-4-1-2-5-15(13)23-16/h7-8,10,21H,1-6,9H2,(H,19,22). The van der Waals surface area contributed by atoms with E-state index in [0.717, 1.165) is 30.7 Å². The molecule has 2 aromatic rings. The molecular weight excluding hydrogens is 332 g/mol. The van der Waals surface area contributed by atoms with E-state index in [1.807, 2.05) is 11.3 Å². The molecule has 4 nitrogen and oxygen atoms in total. The second kappa shape index (κ2) is 7.32. The number of rotatable bonds is 5. The second-order valence-electron chi connectivity index (χ2n) is 5.71. The molecule has 2 N–H and O–H groups in total. The number of hydrogen-bond acceptors (Lipinski definition) is 4. The first kappa shape index (κ1) is 16.3. The number of halogens is 1. The first-order valence-corrected chi connectivity index (χ1v) is 9.07. The van der Waals surface area contributed by atoms with E-state index in [1.54, 1.807) is 6.07 Å². The lowest BCUT2D eigenvalue weighted by atomic mass is 10.0. The SMILES string of the molecule is O=C(NCCCc1nc2c(s1)CCCC2)c1cc(Cl)ccc1O. The summed E-state index contributed by atoms with van der Waals surface area (Å²) in [6.07, 6.45) is 6.50. The maximum absolute atomic E-state index is 12.0. The van der Waals surface area contributed by atoms with Crippen LogP contribution in [0.25, 0.3) is 0 Å². The highest BCUT2D eigenvalue weighted by Crippen LogP contribution is 2.27. The second-order valence-corrected chi connectivity index (χ2v) is 7.31. The number of carbonyl (C=O) groups excluding carboxylic acids is 1. The van der Waals surface area contributed by atoms with E-state index in [-0.39, 0.29) is 17.2 Å². The van der Waals surface area contributed by atoms with E-state index in [4.69, 9.17) is 16.6 Å². The van der Waals surface area contributed by atoms with Gasteiger partial charge in [-0.2, -0.15) is 0 Å². The third-order valence-corrected chi connectivity index (χ3v) is 5.40. The molecule has 0 bridgehead atoms. The van der Waals surface area contributed by atoms with Crippen LogP contribution >= 0.6 is 22.9 Å². The van der Waals surface area contributed by atoms with Gasteiger partial charge in [0.25, 0.3) is 5.91 Å². The number of carbonyl (C=O) groups is 1. The molecule has 0 saturated heterocycles. The third-order valence-electron chi connectivity index (χ3n) is 3.95. The van der Waals surface area contributed by atoms with Crippen LogP contribution in [0.2, 0.25) is 5.02 Å². The number of hydrogen-bond donors (Lipinski definition) is 2. The van der Waals surface area contributed by atoms with Crippen molar-refractivity contribution in [2.75, 3.05) is 6.54 Å². The Hall–Kier alpha value is -1.59. The van der Waals surface area contributed by atoms with Crippen molar-refractivity contribution in [1.29, 1.82) is 0 Å². The fraction of sp³-hybridized carbons (Fsp3) is 0.412. The molecule has 0 fully saturated rings. The van der Waals surface area contributed by atoms with Crippen LogP contribution in [0.15, 0.2) is 18.2 Å². The summed E-state index contributed by atoms with van der Waals surface area (Å²) in [5.41, 5.74) is 1.49. The lowest BCUT2D eigenvalue weighted by molar-refractivity contribution is 0.0950. The van der Waals surface area contributed by atoms with E-state index < -0.39 is 0 Å². The first-order chi connectivity index (χ1) is 11.1. The van der Waals surface area contributed by atoms with Crippen LogP contribution in [0.4, 0.5) is 0 Å². The largest absolute Gasteiger partial charge is 0.507 e. The van der Waals surface area contributed by atoms with Gasteiger partial charge in [0, 0.05) is 22.9 Å². The quantitative estimate of drug-likeness (QED) is 0.807. The number of benzene rings is 1. The molecule has 122 valence electrons. The summed E-state index contributed by atoms with van der Waals surface area (Å²) in [7, 11) is 0. The van der Waals surface area contributed by atoms with E-state index in [9.17, 15) is 9.90 Å². The molecule has 23 heavy (non-hydrogen) atoms. The van der Waals surface area contributed by atoms with Gasteiger partial charge >= 0.3 is 0 Å². The van der Waals surface area contributed by atoms with Gasteiger partial charge in [0.05, 0.1) is 16.3 Å². The van der Waals surface area contributed by atoms with Crippen molar-refractivity contribution in [3.05, 3.63) is 44.4 Å². The Morgan fingerprint density at radius 1 is 1.35 bits per heavy atom. The van der Waals surface area contributed by atoms with Gasteiger partial charge in [-0.15, -0.1) is 11.3 Å². The van der Waals surface area contributed by atoms with Gasteiger partial charge in [-0.25, -0.2) is 4.98 Å². The fourth-order valence-corrected chi connectivity index (χ4v) is 4.11. The number of phenolic OH excluding ortho intramolecular Hbond substituents is 1. The topological polar surface area (TPSA) is 62.2 Å². The molecule has 6 heteroatoms. The molecule has 1 heterocycles. The van der Waals surface area contributed by atoms with Gasteiger partial charge in [0.15, 0.2) is 0 Å². The van der Waals surface area contributed by atoms with Crippen LogP contribution in [-0.4, -0.2) is 22.5 Å². The molecule has 1 amide bonds. The van der Waals surface area contributed by atoms with Crippen molar-refractivity contribution in [2.45, 2.75) is 38.5 Å². The number of aromatic hydroxyl groups is 1. The molecule has 0 aliphatic heterocycles. The molecule has 0 radical (unpaired) electrons. The highest BCUT2D eigenvalue weighted by molar-refractivity contribution is 7.11. The number of phenols is 1. The van der Waals surface area contributed by atoms with Crippen LogP contribution in [0.5, 0.6) is 5.75 Å². The van der Waals surface area contributed by atoms with E-state index in [2.05, 4.69) is 5.32 Å². The summed E-state index contributed by atoms with van der Waals surface area (Å²) < 4.78 is 0. The van der Waals surface area contributed by atoms with Crippen molar-refractivity contribution in [3.63, 3.8) is 0 Å². The lowest BCUT2D eigenvalue weighted by Crippen LogP contribution is -2.24. The Morgan fingerprint density at radius 3 is 3.00 bits per heavy atom. The zero-order chi connectivity index (χ0) is 16.2. The lowest BCUT2D eigenvalue weighted by Gasteiger charge is -2.07. The zero-order valence-corrected chi connectivity index (χ0v) is 14.3. The number of aryl methyl sites for hydroxylation is 3. The smallest absolute Gasteiger partial charge is 0.255 e. The van der Waals surface area contributed by atoms with Crippen molar-refractivity contribution in [3.8, 4) is 5.75 Å². The maximum Gasteiger partial charge on any atom is 0.255 e. The number of amides is 1. The molecule has 0 atom stereocenters. The molecule has 0 saturated carbocycles. The Kier molecular flexibility index (Phi) is 5.18. The van der Waals surface area contributed by atoms with Crippen LogP contribution in [-0.2, 0) is 19.3 Å². The van der Waals surface area contributed by atoms with Gasteiger partial charge in [0.2, 0.25) is 0 Å². The minimum absolute atomic E-state index is 0.0560. The van der Waals surface area contributed by atoms with Crippen molar-refractivity contribution in [2.24, 2.45) is 0 Å². The van der Waals surface area contributed by atoms with Gasteiger partial charge < -0.3 is 10.4 Å². The average molecular weight is 351 g/mol. The van der Waals surface area contributed by atoms with Crippen LogP contribution in [0.1, 0.15) is 45.2 Å². The number of thiazole rings is 1. The molecule has 1 aromatic heterocycles. The normalized spacial score (nSPS) is 13.6. The summed E-state index contributed by atoms with van der Waals surface area (Å²) in [4.78, 5) is 18.2. The highest BCUT2D eigenvalue weighted by Gasteiger charge is 2.15. The minimum atomic E-state index is -0.302. The Labute approximate surface area is 144 Å². The highest BCUT2D eigenvalue weighted by atomic mass is 35.5. The number of nitrogens with zero attached hydrogens (tertiary/aromatic N) is 1. The predicted octanol–water partition coefficient (Wildman–Crippen LogP) is 3.74. The number of fused-ring (bicyclic) bond motifs is 1. The molecule has 3 rings (SSSR count). The van der Waals surface area contributed by atoms with Gasteiger partial charge in [-0.1, -0.05) is 11.6 Å². The fourth-order valence-electron chi connectivity index (χ4n) is 2.74. The molecule has 1 aliphatic carbocycles. The third kappa shape index (κ3) is 4.03. The van der Waals surface area contributed by atoms with Crippen LogP contribution in [0.3, 0.4) is 0 Å². The van der Waals surface area contributed by atoms with E-state index in [0.29, 0.717) is 11.6 Å². The number of nitrogens with one attached hydrogen (secondary N) is 1. The van der Waals surface area contributed by atoms with Crippen LogP contribution < -0.4 is 5.32 Å². The molecule has 0 unspecified atom stereocenters. The van der Waals surface area contributed by atoms with Gasteiger partial charge in [0.1, 0.15) is 5.75 Å². The first-order valence-electron chi connectivity index (χ1n) is 7.87. The van der Waals surface area contributed by atoms with Crippen LogP contribution in [0, 0.1) is 0 Å². The Morgan fingerprint density at radius 2 is 2.17 bits per heavy atom. The number of aromatic nitrogens is 1. The molecule has 0 spiro atoms. The Bertz CT molecular complexity index is 691. The summed E-state index contributed by atoms with van der Waals surface area (Å²) in [6.45, 7) is 0.551. The summed E-state index contributed by atoms with van der Waals surface area (Å²) in [6, 6.07) is 4.45. The minimum Gasteiger partial charge on any atom is -0.507 e. The monoisotopic (exact) mass is 350 g/mol. The van der Waals surface area contributed by atoms with Gasteiger partial charge in [-0.05, 0) is 50.3 Å².